The number of benzene rings is 1. The fraction of sp³-hybridized carbons (Fsp3) is 0.154. The Kier molecular flexibility index (Phi) is 3.89. The van der Waals surface area contributed by atoms with E-state index in [1.165, 1.54) is 19.4 Å². The Hall–Kier alpha value is -2.15. The van der Waals surface area contributed by atoms with Gasteiger partial charge in [0.1, 0.15) is 5.75 Å². The number of nitrogens with zero attached hydrogens (tertiary/aromatic N) is 1. The van der Waals surface area contributed by atoms with Gasteiger partial charge in [0.2, 0.25) is 5.03 Å². The number of hydrogen-bond acceptors (Lipinski definition) is 4. The summed E-state index contributed by atoms with van der Waals surface area (Å²) in [4.78, 5) is 3.56. The van der Waals surface area contributed by atoms with Gasteiger partial charge in [-0.25, -0.2) is 9.37 Å². The van der Waals surface area contributed by atoms with Gasteiger partial charge in [0.05, 0.1) is 12.8 Å². The first kappa shape index (κ1) is 14.3. The molecule has 1 aromatic heterocycles. The number of anilines is 1. The lowest BCUT2D eigenvalue weighted by atomic mass is 10.2. The Morgan fingerprint density at radius 2 is 2.05 bits per heavy atom. The van der Waals surface area contributed by atoms with Crippen molar-refractivity contribution >= 4 is 15.7 Å². The average molecular weight is 296 g/mol. The van der Waals surface area contributed by atoms with Crippen molar-refractivity contribution in [1.82, 2.24) is 4.98 Å². The Bertz CT molecular complexity index is 732. The largest absolute Gasteiger partial charge is 0.497 e. The Morgan fingerprint density at radius 3 is 2.65 bits per heavy atom. The first-order valence-electron chi connectivity index (χ1n) is 5.72. The number of aryl methyl sites for hydroxylation is 1. The molecular formula is C13H13FN2O3S. The summed E-state index contributed by atoms with van der Waals surface area (Å²) in [6, 6.07) is 7.20. The third-order valence-corrected chi connectivity index (χ3v) is 3.96. The van der Waals surface area contributed by atoms with Crippen LogP contribution in [0.5, 0.6) is 5.75 Å². The second-order valence-corrected chi connectivity index (χ2v) is 5.67. The zero-order chi connectivity index (χ0) is 14.8. The highest BCUT2D eigenvalue weighted by molar-refractivity contribution is 7.92. The summed E-state index contributed by atoms with van der Waals surface area (Å²) >= 11 is 0. The van der Waals surface area contributed by atoms with Crippen LogP contribution in [-0.4, -0.2) is 20.5 Å². The van der Waals surface area contributed by atoms with Crippen molar-refractivity contribution in [2.24, 2.45) is 0 Å². The van der Waals surface area contributed by atoms with Gasteiger partial charge in [-0.15, -0.1) is 0 Å². The average Bonchev–Trinajstić information content (AvgIpc) is 2.41. The minimum atomic E-state index is -4.06. The van der Waals surface area contributed by atoms with Gasteiger partial charge in [-0.05, 0) is 42.8 Å². The molecule has 0 bridgehead atoms. The van der Waals surface area contributed by atoms with E-state index in [9.17, 15) is 12.8 Å². The second kappa shape index (κ2) is 5.46. The van der Waals surface area contributed by atoms with Crippen LogP contribution in [0.2, 0.25) is 0 Å². The topological polar surface area (TPSA) is 68.3 Å². The monoisotopic (exact) mass is 296 g/mol. The van der Waals surface area contributed by atoms with Crippen LogP contribution in [0.3, 0.4) is 0 Å². The molecule has 1 N–H and O–H groups in total. The fourth-order valence-electron chi connectivity index (χ4n) is 1.64. The zero-order valence-electron chi connectivity index (χ0n) is 10.9. The van der Waals surface area contributed by atoms with Crippen molar-refractivity contribution in [2.75, 3.05) is 11.8 Å². The Morgan fingerprint density at radius 1 is 1.30 bits per heavy atom. The second-order valence-electron chi connectivity index (χ2n) is 4.08. The summed E-state index contributed by atoms with van der Waals surface area (Å²) < 4.78 is 45.0. The number of aromatic nitrogens is 1. The van der Waals surface area contributed by atoms with E-state index in [2.05, 4.69) is 9.71 Å². The highest BCUT2D eigenvalue weighted by Crippen LogP contribution is 2.23. The van der Waals surface area contributed by atoms with E-state index in [4.69, 9.17) is 4.74 Å². The highest BCUT2D eigenvalue weighted by atomic mass is 32.2. The predicted molar refractivity (Wildman–Crippen MR) is 72.7 cm³/mol. The minimum Gasteiger partial charge on any atom is -0.497 e. The van der Waals surface area contributed by atoms with Crippen molar-refractivity contribution in [3.05, 3.63) is 47.9 Å². The highest BCUT2D eigenvalue weighted by Gasteiger charge is 2.21. The number of sulfonamides is 1. The van der Waals surface area contributed by atoms with Gasteiger partial charge in [0, 0.05) is 6.20 Å². The lowest BCUT2D eigenvalue weighted by Gasteiger charge is -2.11. The first-order valence-corrected chi connectivity index (χ1v) is 7.20. The van der Waals surface area contributed by atoms with E-state index in [0.29, 0.717) is 17.0 Å². The smallest absolute Gasteiger partial charge is 0.282 e. The summed E-state index contributed by atoms with van der Waals surface area (Å²) in [6.07, 6.45) is 1.22. The number of ether oxygens (including phenoxy) is 1. The summed E-state index contributed by atoms with van der Waals surface area (Å²) in [5.74, 6) is -0.291. The summed E-state index contributed by atoms with van der Waals surface area (Å²) in [5, 5.41) is -0.629. The van der Waals surface area contributed by atoms with E-state index >= 15 is 0 Å². The van der Waals surface area contributed by atoms with Gasteiger partial charge in [0.25, 0.3) is 10.0 Å². The molecule has 0 aliphatic rings. The molecule has 106 valence electrons. The first-order chi connectivity index (χ1) is 9.44. The van der Waals surface area contributed by atoms with Crippen LogP contribution >= 0.6 is 0 Å². The number of nitrogens with one attached hydrogen (secondary N) is 1. The van der Waals surface area contributed by atoms with Crippen molar-refractivity contribution < 1.29 is 17.5 Å². The summed E-state index contributed by atoms with van der Waals surface area (Å²) in [6.45, 7) is 1.72. The van der Waals surface area contributed by atoms with Crippen LogP contribution in [-0.2, 0) is 10.0 Å². The quantitative estimate of drug-likeness (QED) is 0.940. The third kappa shape index (κ3) is 2.88. The van der Waals surface area contributed by atoms with Gasteiger partial charge < -0.3 is 4.74 Å². The summed E-state index contributed by atoms with van der Waals surface area (Å²) in [7, 11) is -2.55. The van der Waals surface area contributed by atoms with E-state index in [1.54, 1.807) is 25.1 Å². The maximum atomic E-state index is 13.5. The van der Waals surface area contributed by atoms with Crippen LogP contribution in [0.1, 0.15) is 5.56 Å². The van der Waals surface area contributed by atoms with Crippen molar-refractivity contribution in [1.29, 1.82) is 0 Å². The molecule has 0 radical (unpaired) electrons. The molecule has 1 aromatic carbocycles. The molecule has 0 aliphatic carbocycles. The third-order valence-electron chi connectivity index (χ3n) is 2.66. The van der Waals surface area contributed by atoms with E-state index in [-0.39, 0.29) is 0 Å². The van der Waals surface area contributed by atoms with Crippen molar-refractivity contribution in [3.8, 4) is 5.75 Å². The molecule has 0 amide bonds. The maximum Gasteiger partial charge on any atom is 0.282 e. The van der Waals surface area contributed by atoms with E-state index in [0.717, 1.165) is 6.07 Å². The van der Waals surface area contributed by atoms with Crippen molar-refractivity contribution in [2.45, 2.75) is 11.9 Å². The van der Waals surface area contributed by atoms with Crippen molar-refractivity contribution in [3.63, 3.8) is 0 Å². The molecular weight excluding hydrogens is 283 g/mol. The lowest BCUT2D eigenvalue weighted by molar-refractivity contribution is 0.414. The minimum absolute atomic E-state index is 0.343. The molecule has 0 aliphatic heterocycles. The van der Waals surface area contributed by atoms with Gasteiger partial charge in [-0.2, -0.15) is 8.42 Å². The Labute approximate surface area is 116 Å². The fourth-order valence-corrected chi connectivity index (χ4v) is 2.78. The molecule has 5 nitrogen and oxygen atoms in total. The lowest BCUT2D eigenvalue weighted by Crippen LogP contribution is -2.16. The summed E-state index contributed by atoms with van der Waals surface area (Å²) in [5.41, 5.74) is 1.00. The molecule has 7 heteroatoms. The standard InChI is InChI=1S/C13H13FN2O3S/c1-9-8-10(19-2)5-6-12(9)16-20(17,18)13-11(14)4-3-7-15-13/h3-8,16H,1-2H3. The van der Waals surface area contributed by atoms with E-state index < -0.39 is 20.9 Å². The maximum absolute atomic E-state index is 13.5. The van der Waals surface area contributed by atoms with Crippen LogP contribution in [0, 0.1) is 12.7 Å². The molecule has 0 spiro atoms. The molecule has 0 atom stereocenters. The molecule has 20 heavy (non-hydrogen) atoms. The zero-order valence-corrected chi connectivity index (χ0v) is 11.7. The Balaban J connectivity index is 2.36. The van der Waals surface area contributed by atoms with Gasteiger partial charge in [-0.3, -0.25) is 4.72 Å². The van der Waals surface area contributed by atoms with Crippen LogP contribution in [0.25, 0.3) is 0 Å². The molecule has 2 aromatic rings. The SMILES string of the molecule is COc1ccc(NS(=O)(=O)c2ncccc2F)c(C)c1. The number of hydrogen-bond donors (Lipinski definition) is 1. The number of methoxy groups -OCH3 is 1. The number of pyridine rings is 1. The van der Waals surface area contributed by atoms with Crippen LogP contribution in [0.15, 0.2) is 41.6 Å². The normalized spacial score (nSPS) is 11.2. The van der Waals surface area contributed by atoms with Gasteiger partial charge >= 0.3 is 0 Å². The number of rotatable bonds is 4. The van der Waals surface area contributed by atoms with Crippen LogP contribution < -0.4 is 9.46 Å². The molecule has 1 heterocycles. The molecule has 0 saturated carbocycles. The molecule has 2 rings (SSSR count). The van der Waals surface area contributed by atoms with Gasteiger partial charge in [-0.1, -0.05) is 0 Å². The van der Waals surface area contributed by atoms with Crippen LogP contribution in [0.4, 0.5) is 10.1 Å². The van der Waals surface area contributed by atoms with E-state index in [1.807, 2.05) is 0 Å². The molecule has 0 fully saturated rings. The van der Waals surface area contributed by atoms with Gasteiger partial charge in [0.15, 0.2) is 5.82 Å². The molecule has 0 saturated heterocycles. The number of halogens is 1. The predicted octanol–water partition coefficient (Wildman–Crippen LogP) is 2.34. The molecule has 0 unspecified atom stereocenters.